The monoisotopic (exact) mass is 600 g/mol. The van der Waals surface area contributed by atoms with Crippen LogP contribution in [0.2, 0.25) is 0 Å². The van der Waals surface area contributed by atoms with Crippen LogP contribution in [0.15, 0.2) is 85.6 Å². The van der Waals surface area contributed by atoms with Crippen LogP contribution in [0, 0.1) is 0 Å². The van der Waals surface area contributed by atoms with Crippen LogP contribution >= 0.6 is 43.6 Å². The van der Waals surface area contributed by atoms with Crippen molar-refractivity contribution in [2.75, 3.05) is 13.7 Å². The summed E-state index contributed by atoms with van der Waals surface area (Å²) in [6, 6.07) is 21.3. The Balaban J connectivity index is 1.55. The third kappa shape index (κ3) is 5.74. The quantitative estimate of drug-likeness (QED) is 0.264. The maximum Gasteiger partial charge on any atom is 0.266 e. The van der Waals surface area contributed by atoms with Gasteiger partial charge in [-0.3, -0.25) is 9.69 Å². The number of nitrogens with zero attached hydrogens (tertiary/aromatic N) is 2. The van der Waals surface area contributed by atoms with E-state index in [4.69, 9.17) is 9.47 Å². The number of hydrogen-bond acceptors (Lipinski definition) is 5. The SMILES string of the molecule is CCN1C(=O)/C(=C\c2cc(Br)c(OCc3ccccc3)c(Br)c2)SC1=Nc1ccc(OC)cc1. The van der Waals surface area contributed by atoms with Crippen LogP contribution in [0.3, 0.4) is 0 Å². The van der Waals surface area contributed by atoms with Gasteiger partial charge < -0.3 is 9.47 Å². The Labute approximate surface area is 220 Å². The molecule has 0 atom stereocenters. The van der Waals surface area contributed by atoms with Crippen molar-refractivity contribution in [2.24, 2.45) is 4.99 Å². The Kier molecular flexibility index (Phi) is 8.13. The number of methoxy groups -OCH3 is 1. The van der Waals surface area contributed by atoms with Gasteiger partial charge in [0.25, 0.3) is 5.91 Å². The molecule has 3 aromatic carbocycles. The number of hydrogen-bond donors (Lipinski definition) is 0. The molecule has 0 aromatic heterocycles. The van der Waals surface area contributed by atoms with Gasteiger partial charge in [-0.2, -0.15) is 0 Å². The Hall–Kier alpha value is -2.55. The van der Waals surface area contributed by atoms with Crippen molar-refractivity contribution in [1.82, 2.24) is 4.90 Å². The molecule has 1 aliphatic rings. The minimum Gasteiger partial charge on any atom is -0.497 e. The van der Waals surface area contributed by atoms with E-state index in [1.807, 2.05) is 79.7 Å². The maximum atomic E-state index is 13.0. The third-order valence-electron chi connectivity index (χ3n) is 5.05. The molecule has 0 N–H and O–H groups in total. The summed E-state index contributed by atoms with van der Waals surface area (Å²) in [5.74, 6) is 1.42. The fourth-order valence-corrected chi connectivity index (χ4v) is 5.83. The summed E-state index contributed by atoms with van der Waals surface area (Å²) in [6.07, 6.45) is 1.88. The molecule has 1 aliphatic heterocycles. The van der Waals surface area contributed by atoms with Crippen molar-refractivity contribution in [2.45, 2.75) is 13.5 Å². The Bertz CT molecular complexity index is 1220. The fourth-order valence-electron chi connectivity index (χ4n) is 3.32. The first-order valence-corrected chi connectivity index (χ1v) is 13.0. The van der Waals surface area contributed by atoms with E-state index in [-0.39, 0.29) is 5.91 Å². The van der Waals surface area contributed by atoms with Gasteiger partial charge in [0.1, 0.15) is 18.1 Å². The molecule has 0 radical (unpaired) electrons. The maximum absolute atomic E-state index is 13.0. The predicted molar refractivity (Wildman–Crippen MR) is 146 cm³/mol. The lowest BCUT2D eigenvalue weighted by molar-refractivity contribution is -0.122. The van der Waals surface area contributed by atoms with Crippen LogP contribution in [-0.2, 0) is 11.4 Å². The van der Waals surface area contributed by atoms with E-state index in [2.05, 4.69) is 36.9 Å². The lowest BCUT2D eigenvalue weighted by Gasteiger charge is -2.12. The lowest BCUT2D eigenvalue weighted by atomic mass is 10.2. The molecule has 1 amide bonds. The van der Waals surface area contributed by atoms with Crippen LogP contribution < -0.4 is 9.47 Å². The van der Waals surface area contributed by atoms with Crippen molar-refractivity contribution >= 4 is 66.5 Å². The van der Waals surface area contributed by atoms with E-state index in [0.29, 0.717) is 29.0 Å². The first kappa shape index (κ1) is 24.6. The molecule has 1 saturated heterocycles. The average Bonchev–Trinajstić information content (AvgIpc) is 3.13. The number of benzene rings is 3. The van der Waals surface area contributed by atoms with Crippen molar-refractivity contribution in [1.29, 1.82) is 0 Å². The van der Waals surface area contributed by atoms with E-state index in [1.165, 1.54) is 11.8 Å². The summed E-state index contributed by atoms with van der Waals surface area (Å²) in [4.78, 5) is 20.0. The van der Waals surface area contributed by atoms with Gasteiger partial charge in [0.05, 0.1) is 26.6 Å². The number of likely N-dealkylation sites (N-methyl/N-ethyl adjacent to an activating group) is 1. The highest BCUT2D eigenvalue weighted by Gasteiger charge is 2.32. The van der Waals surface area contributed by atoms with Gasteiger partial charge in [-0.05, 0) is 104 Å². The highest BCUT2D eigenvalue weighted by atomic mass is 79.9. The number of carbonyl (C=O) groups excluding carboxylic acids is 1. The highest BCUT2D eigenvalue weighted by Crippen LogP contribution is 2.38. The van der Waals surface area contributed by atoms with Gasteiger partial charge in [-0.15, -0.1) is 0 Å². The molecule has 5 nitrogen and oxygen atoms in total. The Morgan fingerprint density at radius 3 is 2.32 bits per heavy atom. The zero-order valence-electron chi connectivity index (χ0n) is 18.6. The molecule has 0 aliphatic carbocycles. The largest absolute Gasteiger partial charge is 0.497 e. The fraction of sp³-hybridized carbons (Fsp3) is 0.154. The second kappa shape index (κ2) is 11.3. The third-order valence-corrected chi connectivity index (χ3v) is 7.23. The summed E-state index contributed by atoms with van der Waals surface area (Å²) >= 11 is 8.59. The summed E-state index contributed by atoms with van der Waals surface area (Å²) in [5, 5.41) is 0.657. The van der Waals surface area contributed by atoms with Crippen LogP contribution in [-0.4, -0.2) is 29.6 Å². The van der Waals surface area contributed by atoms with Gasteiger partial charge in [0.15, 0.2) is 5.17 Å². The van der Waals surface area contributed by atoms with Crippen molar-refractivity contribution in [3.8, 4) is 11.5 Å². The standard InChI is InChI=1S/C26H22Br2N2O3S/c1-3-30-25(31)23(34-26(30)29-19-9-11-20(32-2)12-10-19)15-18-13-21(27)24(22(28)14-18)33-16-17-7-5-4-6-8-17/h4-15H,3,16H2,1-2H3/b23-15+,29-26?. The normalized spacial score (nSPS) is 15.9. The van der Waals surface area contributed by atoms with Crippen molar-refractivity contribution in [3.05, 3.63) is 91.7 Å². The van der Waals surface area contributed by atoms with Gasteiger partial charge in [-0.25, -0.2) is 4.99 Å². The van der Waals surface area contributed by atoms with Crippen molar-refractivity contribution < 1.29 is 14.3 Å². The summed E-state index contributed by atoms with van der Waals surface area (Å²) in [7, 11) is 1.63. The summed E-state index contributed by atoms with van der Waals surface area (Å²) in [5.41, 5.74) is 2.73. The number of carbonyl (C=O) groups is 1. The Morgan fingerprint density at radius 2 is 1.71 bits per heavy atom. The summed E-state index contributed by atoms with van der Waals surface area (Å²) < 4.78 is 12.8. The number of aliphatic imine (C=N–C) groups is 1. The molecule has 3 aromatic rings. The number of amidine groups is 1. The molecule has 8 heteroatoms. The number of rotatable bonds is 7. The van der Waals surface area contributed by atoms with Gasteiger partial charge in [-0.1, -0.05) is 30.3 Å². The second-order valence-electron chi connectivity index (χ2n) is 7.34. The average molecular weight is 602 g/mol. The molecular formula is C26H22Br2N2O3S. The molecule has 4 rings (SSSR count). The van der Waals surface area contributed by atoms with Crippen molar-refractivity contribution in [3.63, 3.8) is 0 Å². The first-order valence-electron chi connectivity index (χ1n) is 10.6. The van der Waals surface area contributed by atoms with Gasteiger partial charge >= 0.3 is 0 Å². The van der Waals surface area contributed by atoms with Gasteiger partial charge in [0.2, 0.25) is 0 Å². The predicted octanol–water partition coefficient (Wildman–Crippen LogP) is 7.42. The van der Waals surface area contributed by atoms with Crippen LogP contribution in [0.1, 0.15) is 18.1 Å². The number of thioether (sulfide) groups is 1. The molecular weight excluding hydrogens is 580 g/mol. The second-order valence-corrected chi connectivity index (χ2v) is 10.1. The van der Waals surface area contributed by atoms with Crippen LogP contribution in [0.5, 0.6) is 11.5 Å². The number of ether oxygens (including phenoxy) is 2. The first-order chi connectivity index (χ1) is 16.5. The van der Waals surface area contributed by atoms with Crippen LogP contribution in [0.25, 0.3) is 6.08 Å². The zero-order valence-corrected chi connectivity index (χ0v) is 22.6. The van der Waals surface area contributed by atoms with Crippen LogP contribution in [0.4, 0.5) is 5.69 Å². The molecule has 1 fully saturated rings. The zero-order chi connectivity index (χ0) is 24.1. The topological polar surface area (TPSA) is 51.1 Å². The number of amides is 1. The molecule has 1 heterocycles. The van der Waals surface area contributed by atoms with E-state index >= 15 is 0 Å². The molecule has 0 saturated carbocycles. The molecule has 0 spiro atoms. The Morgan fingerprint density at radius 1 is 1.03 bits per heavy atom. The van der Waals surface area contributed by atoms with E-state index < -0.39 is 0 Å². The minimum atomic E-state index is -0.0589. The van der Waals surface area contributed by atoms with E-state index in [0.717, 1.165) is 31.5 Å². The summed E-state index contributed by atoms with van der Waals surface area (Å²) in [6.45, 7) is 2.94. The molecule has 174 valence electrons. The van der Waals surface area contributed by atoms with Gasteiger partial charge in [0, 0.05) is 6.54 Å². The highest BCUT2D eigenvalue weighted by molar-refractivity contribution is 9.11. The molecule has 34 heavy (non-hydrogen) atoms. The van der Waals surface area contributed by atoms with E-state index in [1.54, 1.807) is 12.0 Å². The smallest absolute Gasteiger partial charge is 0.266 e. The molecule has 0 bridgehead atoms. The van der Waals surface area contributed by atoms with E-state index in [9.17, 15) is 4.79 Å². The lowest BCUT2D eigenvalue weighted by Crippen LogP contribution is -2.28. The minimum absolute atomic E-state index is 0.0589. The number of halogens is 2. The molecule has 0 unspecified atom stereocenters.